The summed E-state index contributed by atoms with van der Waals surface area (Å²) in [6.45, 7) is 3.61. The summed E-state index contributed by atoms with van der Waals surface area (Å²) < 4.78 is 1.04. The van der Waals surface area contributed by atoms with E-state index in [1.165, 1.54) is 12.8 Å². The zero-order chi connectivity index (χ0) is 13.2. The van der Waals surface area contributed by atoms with Gasteiger partial charge in [-0.05, 0) is 24.6 Å². The number of anilines is 1. The molecule has 1 rings (SSSR count). The van der Waals surface area contributed by atoms with E-state index in [9.17, 15) is 4.79 Å². The van der Waals surface area contributed by atoms with Crippen LogP contribution in [0, 0.1) is 0 Å². The first-order chi connectivity index (χ1) is 8.72. The molecule has 0 saturated carbocycles. The van der Waals surface area contributed by atoms with Crippen LogP contribution in [0.1, 0.15) is 32.6 Å². The van der Waals surface area contributed by atoms with Crippen LogP contribution in [-0.2, 0) is 4.79 Å². The molecule has 1 amide bonds. The predicted molar refractivity (Wildman–Crippen MR) is 79.8 cm³/mol. The van der Waals surface area contributed by atoms with Crippen molar-refractivity contribution in [3.05, 3.63) is 28.7 Å². The summed E-state index contributed by atoms with van der Waals surface area (Å²) in [4.78, 5) is 11.5. The number of nitrogens with one attached hydrogen (secondary N) is 2. The van der Waals surface area contributed by atoms with E-state index in [1.807, 2.05) is 24.3 Å². The van der Waals surface area contributed by atoms with Gasteiger partial charge in [-0.2, -0.15) is 0 Å². The predicted octanol–water partition coefficient (Wildman–Crippen LogP) is 3.56. The molecule has 100 valence electrons. The molecule has 0 aliphatic rings. The van der Waals surface area contributed by atoms with Crippen LogP contribution in [0.25, 0.3) is 0 Å². The molecule has 3 nitrogen and oxygen atoms in total. The second-order valence-corrected chi connectivity index (χ2v) is 5.16. The number of amides is 1. The molecule has 1 aromatic carbocycles. The Balaban J connectivity index is 2.12. The second kappa shape index (κ2) is 8.97. The molecule has 0 aliphatic carbocycles. The molecule has 0 aliphatic heterocycles. The maximum atomic E-state index is 11.5. The molecule has 0 saturated heterocycles. The molecular weight excluding hydrogens is 292 g/mol. The molecule has 0 aromatic heterocycles. The van der Waals surface area contributed by atoms with Crippen molar-refractivity contribution >= 4 is 27.5 Å². The number of benzene rings is 1. The SMILES string of the molecule is CCCCCNC(=O)CCNc1cccc(Br)c1. The zero-order valence-electron chi connectivity index (χ0n) is 10.8. The Bertz CT molecular complexity index is 369. The molecule has 4 heteroatoms. The van der Waals surface area contributed by atoms with Crippen LogP contribution in [0.15, 0.2) is 28.7 Å². The van der Waals surface area contributed by atoms with Gasteiger partial charge in [-0.3, -0.25) is 4.79 Å². The average molecular weight is 313 g/mol. The molecule has 0 fully saturated rings. The molecule has 2 N–H and O–H groups in total. The summed E-state index contributed by atoms with van der Waals surface area (Å²) in [6, 6.07) is 7.94. The number of rotatable bonds is 8. The third-order valence-corrected chi connectivity index (χ3v) is 3.10. The molecule has 0 unspecified atom stereocenters. The molecule has 0 bridgehead atoms. The monoisotopic (exact) mass is 312 g/mol. The summed E-state index contributed by atoms with van der Waals surface area (Å²) >= 11 is 3.41. The summed E-state index contributed by atoms with van der Waals surface area (Å²) in [5.41, 5.74) is 1.03. The van der Waals surface area contributed by atoms with Crippen molar-refractivity contribution < 1.29 is 4.79 Å². The maximum absolute atomic E-state index is 11.5. The fourth-order valence-corrected chi connectivity index (χ4v) is 2.01. The molecule has 0 spiro atoms. The van der Waals surface area contributed by atoms with Gasteiger partial charge in [0.05, 0.1) is 0 Å². The van der Waals surface area contributed by atoms with E-state index in [-0.39, 0.29) is 5.91 Å². The molecule has 1 aromatic rings. The molecule has 0 heterocycles. The lowest BCUT2D eigenvalue weighted by Gasteiger charge is -2.07. The van der Waals surface area contributed by atoms with E-state index in [4.69, 9.17) is 0 Å². The second-order valence-electron chi connectivity index (χ2n) is 4.24. The first-order valence-corrected chi connectivity index (χ1v) is 7.28. The van der Waals surface area contributed by atoms with E-state index >= 15 is 0 Å². The van der Waals surface area contributed by atoms with Crippen LogP contribution < -0.4 is 10.6 Å². The van der Waals surface area contributed by atoms with Crippen LogP contribution in [0.4, 0.5) is 5.69 Å². The van der Waals surface area contributed by atoms with E-state index in [0.29, 0.717) is 13.0 Å². The van der Waals surface area contributed by atoms with Gasteiger partial charge in [0, 0.05) is 29.7 Å². The highest BCUT2D eigenvalue weighted by atomic mass is 79.9. The quantitative estimate of drug-likeness (QED) is 0.721. The maximum Gasteiger partial charge on any atom is 0.221 e. The van der Waals surface area contributed by atoms with Crippen molar-refractivity contribution in [2.45, 2.75) is 32.6 Å². The zero-order valence-corrected chi connectivity index (χ0v) is 12.4. The summed E-state index contributed by atoms with van der Waals surface area (Å²) in [5.74, 6) is 0.119. The van der Waals surface area contributed by atoms with Gasteiger partial charge in [0.15, 0.2) is 0 Å². The number of unbranched alkanes of at least 4 members (excludes halogenated alkanes) is 2. The van der Waals surface area contributed by atoms with E-state index in [0.717, 1.165) is 23.1 Å². The van der Waals surface area contributed by atoms with Crippen molar-refractivity contribution in [3.8, 4) is 0 Å². The van der Waals surface area contributed by atoms with E-state index < -0.39 is 0 Å². The Labute approximate surface area is 117 Å². The Morgan fingerprint density at radius 2 is 2.11 bits per heavy atom. The molecular formula is C14H21BrN2O. The minimum Gasteiger partial charge on any atom is -0.384 e. The summed E-state index contributed by atoms with van der Waals surface area (Å²) in [7, 11) is 0. The summed E-state index contributed by atoms with van der Waals surface area (Å²) in [5, 5.41) is 6.15. The highest BCUT2D eigenvalue weighted by Gasteiger charge is 2.00. The van der Waals surface area contributed by atoms with Gasteiger partial charge in [-0.15, -0.1) is 0 Å². The van der Waals surface area contributed by atoms with Gasteiger partial charge >= 0.3 is 0 Å². The molecule has 18 heavy (non-hydrogen) atoms. The highest BCUT2D eigenvalue weighted by molar-refractivity contribution is 9.10. The minimum absolute atomic E-state index is 0.119. The van der Waals surface area contributed by atoms with Gasteiger partial charge in [0.2, 0.25) is 5.91 Å². The Kier molecular flexibility index (Phi) is 7.49. The lowest BCUT2D eigenvalue weighted by Crippen LogP contribution is -2.26. The normalized spacial score (nSPS) is 10.1. The fraction of sp³-hybridized carbons (Fsp3) is 0.500. The van der Waals surface area contributed by atoms with Crippen molar-refractivity contribution in [2.24, 2.45) is 0 Å². The average Bonchev–Trinajstić information content (AvgIpc) is 2.35. The van der Waals surface area contributed by atoms with Crippen molar-refractivity contribution in [1.82, 2.24) is 5.32 Å². The third-order valence-electron chi connectivity index (χ3n) is 2.61. The number of hydrogen-bond acceptors (Lipinski definition) is 2. The number of carbonyl (C=O) groups excluding carboxylic acids is 1. The van der Waals surface area contributed by atoms with Crippen molar-refractivity contribution in [2.75, 3.05) is 18.4 Å². The Hall–Kier alpha value is -1.03. The smallest absolute Gasteiger partial charge is 0.221 e. The summed E-state index contributed by atoms with van der Waals surface area (Å²) in [6.07, 6.45) is 3.94. The third kappa shape index (κ3) is 6.64. The molecule has 0 atom stereocenters. The van der Waals surface area contributed by atoms with Gasteiger partial charge in [0.1, 0.15) is 0 Å². The van der Waals surface area contributed by atoms with Crippen LogP contribution in [-0.4, -0.2) is 19.0 Å². The van der Waals surface area contributed by atoms with Crippen LogP contribution in [0.5, 0.6) is 0 Å². The first-order valence-electron chi connectivity index (χ1n) is 6.48. The van der Waals surface area contributed by atoms with Gasteiger partial charge in [-0.1, -0.05) is 41.8 Å². The Morgan fingerprint density at radius 1 is 1.28 bits per heavy atom. The van der Waals surface area contributed by atoms with Crippen molar-refractivity contribution in [3.63, 3.8) is 0 Å². The highest BCUT2D eigenvalue weighted by Crippen LogP contribution is 2.15. The van der Waals surface area contributed by atoms with Gasteiger partial charge in [0.25, 0.3) is 0 Å². The van der Waals surface area contributed by atoms with Crippen LogP contribution in [0.2, 0.25) is 0 Å². The lowest BCUT2D eigenvalue weighted by atomic mass is 10.2. The fourth-order valence-electron chi connectivity index (χ4n) is 1.61. The molecule has 0 radical (unpaired) electrons. The lowest BCUT2D eigenvalue weighted by molar-refractivity contribution is -0.120. The number of carbonyl (C=O) groups is 1. The number of halogens is 1. The first kappa shape index (κ1) is 15.0. The number of hydrogen-bond donors (Lipinski definition) is 2. The van der Waals surface area contributed by atoms with E-state index in [2.05, 4.69) is 33.5 Å². The minimum atomic E-state index is 0.119. The van der Waals surface area contributed by atoms with Crippen LogP contribution >= 0.6 is 15.9 Å². The van der Waals surface area contributed by atoms with Crippen LogP contribution in [0.3, 0.4) is 0 Å². The van der Waals surface area contributed by atoms with Crippen molar-refractivity contribution in [1.29, 1.82) is 0 Å². The largest absolute Gasteiger partial charge is 0.384 e. The van der Waals surface area contributed by atoms with E-state index in [1.54, 1.807) is 0 Å². The van der Waals surface area contributed by atoms with Gasteiger partial charge in [-0.25, -0.2) is 0 Å². The standard InChI is InChI=1S/C14H21BrN2O/c1-2-3-4-9-17-14(18)8-10-16-13-7-5-6-12(15)11-13/h5-7,11,16H,2-4,8-10H2,1H3,(H,17,18). The van der Waals surface area contributed by atoms with Gasteiger partial charge < -0.3 is 10.6 Å². The Morgan fingerprint density at radius 3 is 2.83 bits per heavy atom. The topological polar surface area (TPSA) is 41.1 Å².